The van der Waals surface area contributed by atoms with E-state index in [0.29, 0.717) is 31.5 Å². The van der Waals surface area contributed by atoms with Gasteiger partial charge in [-0.05, 0) is 6.92 Å². The lowest BCUT2D eigenvalue weighted by Crippen LogP contribution is -2.24. The molecule has 0 atom stereocenters. The number of methoxy groups -OCH3 is 1. The number of hydrogen-bond donors (Lipinski definition) is 2. The van der Waals surface area contributed by atoms with Crippen molar-refractivity contribution in [2.75, 3.05) is 44.2 Å². The molecular formula is C11H21N5O2. The Bertz CT molecular complexity index is 361. The van der Waals surface area contributed by atoms with Crippen LogP contribution in [0.2, 0.25) is 0 Å². The number of likely N-dealkylation sites (N-methyl/N-ethyl adjacent to an activating group) is 1. The molecule has 1 heterocycles. The number of hydrazine groups is 1. The Balaban J connectivity index is 2.75. The Morgan fingerprint density at radius 3 is 2.83 bits per heavy atom. The number of anilines is 2. The number of nitrogens with one attached hydrogen (secondary N) is 1. The van der Waals surface area contributed by atoms with Gasteiger partial charge in [0.15, 0.2) is 5.82 Å². The molecule has 0 aliphatic carbocycles. The lowest BCUT2D eigenvalue weighted by molar-refractivity contribution is 0.154. The highest BCUT2D eigenvalue weighted by Gasteiger charge is 2.08. The van der Waals surface area contributed by atoms with Gasteiger partial charge < -0.3 is 19.8 Å². The van der Waals surface area contributed by atoms with Crippen LogP contribution in [0.4, 0.5) is 11.6 Å². The molecule has 7 nitrogen and oxygen atoms in total. The average molecular weight is 255 g/mol. The van der Waals surface area contributed by atoms with Crippen molar-refractivity contribution in [2.45, 2.75) is 13.5 Å². The largest absolute Gasteiger partial charge is 0.380 e. The summed E-state index contributed by atoms with van der Waals surface area (Å²) in [6.07, 6.45) is 0. The van der Waals surface area contributed by atoms with Gasteiger partial charge in [0.05, 0.1) is 6.61 Å². The number of aromatic nitrogens is 2. The van der Waals surface area contributed by atoms with Crippen LogP contribution >= 0.6 is 0 Å². The monoisotopic (exact) mass is 255 g/mol. The molecule has 1 rings (SSSR count). The van der Waals surface area contributed by atoms with Crippen LogP contribution in [-0.2, 0) is 16.1 Å². The summed E-state index contributed by atoms with van der Waals surface area (Å²) in [5.74, 6) is 7.32. The van der Waals surface area contributed by atoms with Crippen LogP contribution in [0.15, 0.2) is 6.07 Å². The van der Waals surface area contributed by atoms with Gasteiger partial charge in [-0.15, -0.1) is 0 Å². The van der Waals surface area contributed by atoms with Gasteiger partial charge in [-0.3, -0.25) is 0 Å². The Morgan fingerprint density at radius 1 is 1.44 bits per heavy atom. The van der Waals surface area contributed by atoms with E-state index < -0.39 is 0 Å². The third kappa shape index (κ3) is 4.44. The van der Waals surface area contributed by atoms with Gasteiger partial charge >= 0.3 is 0 Å². The second-order valence-electron chi connectivity index (χ2n) is 3.72. The predicted octanol–water partition coefficient (Wildman–Crippen LogP) is 0.381. The van der Waals surface area contributed by atoms with E-state index >= 15 is 0 Å². The van der Waals surface area contributed by atoms with Crippen molar-refractivity contribution in [1.82, 2.24) is 9.97 Å². The number of nitrogens with two attached hydrogens (primary N) is 1. The summed E-state index contributed by atoms with van der Waals surface area (Å²) >= 11 is 0. The van der Waals surface area contributed by atoms with E-state index in [9.17, 15) is 0 Å². The predicted molar refractivity (Wildman–Crippen MR) is 70.3 cm³/mol. The summed E-state index contributed by atoms with van der Waals surface area (Å²) in [6.45, 7) is 4.44. The first-order chi connectivity index (χ1) is 8.71. The third-order valence-corrected chi connectivity index (χ3v) is 2.35. The van der Waals surface area contributed by atoms with E-state index in [1.807, 2.05) is 18.9 Å². The number of ether oxygens (including phenoxy) is 2. The van der Waals surface area contributed by atoms with Gasteiger partial charge in [-0.25, -0.2) is 15.8 Å². The standard InChI is InChI=1S/C11H21N5O2/c1-4-18-6-5-16(2)11-7-9(15-12)13-10(14-11)8-17-3/h7H,4-6,8,12H2,1-3H3,(H,13,14,15). The minimum absolute atomic E-state index is 0.349. The lowest BCUT2D eigenvalue weighted by Gasteiger charge is -2.19. The topological polar surface area (TPSA) is 85.5 Å². The normalized spacial score (nSPS) is 10.4. The van der Waals surface area contributed by atoms with Gasteiger partial charge in [0.2, 0.25) is 0 Å². The van der Waals surface area contributed by atoms with Crippen molar-refractivity contribution < 1.29 is 9.47 Å². The molecular weight excluding hydrogens is 234 g/mol. The molecule has 0 saturated carbocycles. The van der Waals surface area contributed by atoms with Gasteiger partial charge in [0, 0.05) is 33.4 Å². The first kappa shape index (κ1) is 14.6. The minimum Gasteiger partial charge on any atom is -0.380 e. The Kier molecular flexibility index (Phi) is 6.34. The van der Waals surface area contributed by atoms with Gasteiger partial charge in [-0.1, -0.05) is 0 Å². The summed E-state index contributed by atoms with van der Waals surface area (Å²) in [4.78, 5) is 10.6. The van der Waals surface area contributed by atoms with E-state index in [2.05, 4.69) is 15.4 Å². The maximum atomic E-state index is 5.38. The Labute approximate surface area is 107 Å². The molecule has 1 aromatic rings. The quantitative estimate of drug-likeness (QED) is 0.394. The van der Waals surface area contributed by atoms with Crippen molar-refractivity contribution in [3.8, 4) is 0 Å². The van der Waals surface area contributed by atoms with E-state index in [4.69, 9.17) is 15.3 Å². The fraction of sp³-hybridized carbons (Fsp3) is 0.636. The third-order valence-electron chi connectivity index (χ3n) is 2.35. The zero-order valence-electron chi connectivity index (χ0n) is 11.1. The first-order valence-corrected chi connectivity index (χ1v) is 5.83. The number of nitrogens with zero attached hydrogens (tertiary/aromatic N) is 3. The van der Waals surface area contributed by atoms with Crippen molar-refractivity contribution in [2.24, 2.45) is 5.84 Å². The van der Waals surface area contributed by atoms with Crippen LogP contribution in [0.1, 0.15) is 12.7 Å². The molecule has 0 fully saturated rings. The van der Waals surface area contributed by atoms with E-state index in [1.54, 1.807) is 13.2 Å². The van der Waals surface area contributed by atoms with E-state index in [1.165, 1.54) is 0 Å². The Hall–Kier alpha value is -1.44. The smallest absolute Gasteiger partial charge is 0.158 e. The number of hydrogen-bond acceptors (Lipinski definition) is 7. The molecule has 0 bridgehead atoms. The average Bonchev–Trinajstić information content (AvgIpc) is 2.39. The van der Waals surface area contributed by atoms with Crippen molar-refractivity contribution in [3.05, 3.63) is 11.9 Å². The summed E-state index contributed by atoms with van der Waals surface area (Å²) in [5, 5.41) is 0. The fourth-order valence-electron chi connectivity index (χ4n) is 1.41. The molecule has 0 amide bonds. The SMILES string of the molecule is CCOCCN(C)c1cc(NN)nc(COC)n1. The lowest BCUT2D eigenvalue weighted by atomic mass is 10.4. The molecule has 0 radical (unpaired) electrons. The van der Waals surface area contributed by atoms with Crippen molar-refractivity contribution in [1.29, 1.82) is 0 Å². The van der Waals surface area contributed by atoms with Gasteiger partial charge in [0.1, 0.15) is 18.2 Å². The van der Waals surface area contributed by atoms with Crippen LogP contribution in [-0.4, -0.2) is 43.9 Å². The molecule has 1 aromatic heterocycles. The maximum absolute atomic E-state index is 5.38. The maximum Gasteiger partial charge on any atom is 0.158 e. The molecule has 0 saturated heterocycles. The highest BCUT2D eigenvalue weighted by molar-refractivity contribution is 5.48. The van der Waals surface area contributed by atoms with Crippen LogP contribution < -0.4 is 16.2 Å². The molecule has 0 spiro atoms. The zero-order valence-corrected chi connectivity index (χ0v) is 11.1. The van der Waals surface area contributed by atoms with E-state index in [-0.39, 0.29) is 0 Å². The highest BCUT2D eigenvalue weighted by atomic mass is 16.5. The Morgan fingerprint density at radius 2 is 2.22 bits per heavy atom. The fourth-order valence-corrected chi connectivity index (χ4v) is 1.41. The molecule has 3 N–H and O–H groups in total. The summed E-state index contributed by atoms with van der Waals surface area (Å²) in [5.41, 5.74) is 2.52. The molecule has 0 aromatic carbocycles. The van der Waals surface area contributed by atoms with Gasteiger partial charge in [0.25, 0.3) is 0 Å². The van der Waals surface area contributed by atoms with Crippen LogP contribution in [0.3, 0.4) is 0 Å². The minimum atomic E-state index is 0.349. The number of rotatable bonds is 8. The second kappa shape index (κ2) is 7.80. The summed E-state index contributed by atoms with van der Waals surface area (Å²) < 4.78 is 10.3. The molecule has 18 heavy (non-hydrogen) atoms. The molecule has 7 heteroatoms. The highest BCUT2D eigenvalue weighted by Crippen LogP contribution is 2.14. The molecule has 0 aliphatic heterocycles. The summed E-state index contributed by atoms with van der Waals surface area (Å²) in [6, 6.07) is 1.78. The van der Waals surface area contributed by atoms with Crippen molar-refractivity contribution in [3.63, 3.8) is 0 Å². The zero-order chi connectivity index (χ0) is 13.4. The second-order valence-corrected chi connectivity index (χ2v) is 3.72. The first-order valence-electron chi connectivity index (χ1n) is 5.83. The van der Waals surface area contributed by atoms with Crippen molar-refractivity contribution >= 4 is 11.6 Å². The van der Waals surface area contributed by atoms with Crippen LogP contribution in [0.25, 0.3) is 0 Å². The molecule has 0 aliphatic rings. The summed E-state index contributed by atoms with van der Waals surface area (Å²) in [7, 11) is 3.54. The number of nitrogen functional groups attached to an aromatic ring is 1. The van der Waals surface area contributed by atoms with Crippen LogP contribution in [0, 0.1) is 0 Å². The van der Waals surface area contributed by atoms with Crippen LogP contribution in [0.5, 0.6) is 0 Å². The van der Waals surface area contributed by atoms with Gasteiger partial charge in [-0.2, -0.15) is 0 Å². The molecule has 0 unspecified atom stereocenters. The van der Waals surface area contributed by atoms with E-state index in [0.717, 1.165) is 12.4 Å². The molecule has 102 valence electrons.